The Morgan fingerprint density at radius 1 is 0.920 bits per heavy atom. The molecular formula is C24H25Cl. The van der Waals surface area contributed by atoms with Crippen LogP contribution in [0.4, 0.5) is 0 Å². The quantitative estimate of drug-likeness (QED) is 0.407. The molecule has 0 radical (unpaired) electrons. The molecule has 0 bridgehead atoms. The van der Waals surface area contributed by atoms with E-state index in [1.165, 1.54) is 43.2 Å². The topological polar surface area (TPSA) is 0 Å². The maximum atomic E-state index is 5.95. The van der Waals surface area contributed by atoms with Crippen LogP contribution in [0.2, 0.25) is 5.02 Å². The summed E-state index contributed by atoms with van der Waals surface area (Å²) in [4.78, 5) is 0. The minimum absolute atomic E-state index is 0.566. The average Bonchev–Trinajstić information content (AvgIpc) is 2.67. The van der Waals surface area contributed by atoms with E-state index in [2.05, 4.69) is 42.7 Å². The molecule has 0 aliphatic heterocycles. The van der Waals surface area contributed by atoms with Gasteiger partial charge in [0.1, 0.15) is 0 Å². The molecule has 0 unspecified atom stereocenters. The fraction of sp³-hybridized carbons (Fsp3) is 0.333. The zero-order valence-corrected chi connectivity index (χ0v) is 15.4. The van der Waals surface area contributed by atoms with Crippen LogP contribution < -0.4 is 0 Å². The maximum absolute atomic E-state index is 5.95. The molecule has 1 saturated carbocycles. The summed E-state index contributed by atoms with van der Waals surface area (Å²) >= 11 is 5.95. The van der Waals surface area contributed by atoms with Gasteiger partial charge in [-0.05, 0) is 79.8 Å². The Balaban J connectivity index is 1.57. The Morgan fingerprint density at radius 2 is 1.52 bits per heavy atom. The molecule has 3 rings (SSSR count). The van der Waals surface area contributed by atoms with Gasteiger partial charge in [-0.1, -0.05) is 53.8 Å². The first-order chi connectivity index (χ1) is 12.2. The van der Waals surface area contributed by atoms with Crippen LogP contribution in [-0.4, -0.2) is 0 Å². The van der Waals surface area contributed by atoms with Gasteiger partial charge in [0.2, 0.25) is 0 Å². The zero-order chi connectivity index (χ0) is 17.5. The van der Waals surface area contributed by atoms with E-state index in [9.17, 15) is 0 Å². The van der Waals surface area contributed by atoms with Gasteiger partial charge in [0.15, 0.2) is 0 Å². The highest BCUT2D eigenvalue weighted by Crippen LogP contribution is 2.31. The molecule has 2 aromatic carbocycles. The van der Waals surface area contributed by atoms with Crippen molar-refractivity contribution in [3.63, 3.8) is 0 Å². The normalized spacial score (nSPS) is 19.7. The summed E-state index contributed by atoms with van der Waals surface area (Å²) in [5.74, 6) is 8.32. The van der Waals surface area contributed by atoms with Crippen LogP contribution in [-0.2, 0) is 0 Å². The fourth-order valence-electron chi connectivity index (χ4n) is 3.52. The first-order valence-corrected chi connectivity index (χ1v) is 9.61. The SMILES string of the molecule is C=CCC[C@H]1CC[C@H](C#Cc2ccc(-c3ccc(Cl)cc3)cc2)CC1. The molecule has 2 aromatic rings. The third kappa shape index (κ3) is 5.25. The van der Waals surface area contributed by atoms with E-state index >= 15 is 0 Å². The van der Waals surface area contributed by atoms with Gasteiger partial charge in [-0.25, -0.2) is 0 Å². The molecule has 0 N–H and O–H groups in total. The fourth-order valence-corrected chi connectivity index (χ4v) is 3.65. The van der Waals surface area contributed by atoms with Gasteiger partial charge in [0.05, 0.1) is 0 Å². The second-order valence-corrected chi connectivity index (χ2v) is 7.37. The van der Waals surface area contributed by atoms with Crippen LogP contribution in [0.3, 0.4) is 0 Å². The molecule has 0 saturated heterocycles. The van der Waals surface area contributed by atoms with Gasteiger partial charge in [0.25, 0.3) is 0 Å². The minimum atomic E-state index is 0.566. The Kier molecular flexibility index (Phi) is 6.37. The van der Waals surface area contributed by atoms with Crippen molar-refractivity contribution in [2.45, 2.75) is 38.5 Å². The summed E-state index contributed by atoms with van der Waals surface area (Å²) in [6.07, 6.45) is 9.64. The molecule has 25 heavy (non-hydrogen) atoms. The molecule has 0 nitrogen and oxygen atoms in total. The predicted octanol–water partition coefficient (Wildman–Crippen LogP) is 7.13. The number of hydrogen-bond donors (Lipinski definition) is 0. The molecular weight excluding hydrogens is 324 g/mol. The lowest BCUT2D eigenvalue weighted by molar-refractivity contribution is 0.303. The van der Waals surface area contributed by atoms with Crippen LogP contribution in [0, 0.1) is 23.7 Å². The van der Waals surface area contributed by atoms with Gasteiger partial charge >= 0.3 is 0 Å². The van der Waals surface area contributed by atoms with Crippen molar-refractivity contribution in [1.29, 1.82) is 0 Å². The molecule has 0 aromatic heterocycles. The first kappa shape index (κ1) is 17.8. The summed E-state index contributed by atoms with van der Waals surface area (Å²) in [7, 11) is 0. The average molecular weight is 349 g/mol. The Morgan fingerprint density at radius 3 is 2.12 bits per heavy atom. The van der Waals surface area contributed by atoms with Crippen molar-refractivity contribution >= 4 is 11.6 Å². The number of hydrogen-bond acceptors (Lipinski definition) is 0. The number of halogens is 1. The van der Waals surface area contributed by atoms with E-state index in [0.29, 0.717) is 5.92 Å². The second-order valence-electron chi connectivity index (χ2n) is 6.94. The van der Waals surface area contributed by atoms with Crippen LogP contribution in [0.5, 0.6) is 0 Å². The van der Waals surface area contributed by atoms with Crippen molar-refractivity contribution in [3.8, 4) is 23.0 Å². The van der Waals surface area contributed by atoms with Gasteiger partial charge in [0, 0.05) is 16.5 Å². The number of rotatable bonds is 4. The van der Waals surface area contributed by atoms with Crippen molar-refractivity contribution in [2.75, 3.05) is 0 Å². The Bertz CT molecular complexity index is 735. The largest absolute Gasteiger partial charge is 0.103 e. The zero-order valence-electron chi connectivity index (χ0n) is 14.7. The van der Waals surface area contributed by atoms with Crippen molar-refractivity contribution in [1.82, 2.24) is 0 Å². The lowest BCUT2D eigenvalue weighted by Gasteiger charge is -2.25. The molecule has 1 fully saturated rings. The maximum Gasteiger partial charge on any atom is 0.0406 e. The highest BCUT2D eigenvalue weighted by atomic mass is 35.5. The number of allylic oxidation sites excluding steroid dienone is 1. The van der Waals surface area contributed by atoms with E-state index < -0.39 is 0 Å². The summed E-state index contributed by atoms with van der Waals surface area (Å²) in [5, 5.41) is 0.769. The molecule has 128 valence electrons. The second kappa shape index (κ2) is 8.93. The summed E-state index contributed by atoms with van der Waals surface area (Å²) < 4.78 is 0. The minimum Gasteiger partial charge on any atom is -0.103 e. The van der Waals surface area contributed by atoms with Crippen LogP contribution in [0.15, 0.2) is 61.2 Å². The van der Waals surface area contributed by atoms with E-state index in [1.54, 1.807) is 0 Å². The number of benzene rings is 2. The molecule has 1 aliphatic carbocycles. The van der Waals surface area contributed by atoms with Crippen LogP contribution in [0.1, 0.15) is 44.1 Å². The molecule has 0 heterocycles. The van der Waals surface area contributed by atoms with E-state index in [-0.39, 0.29) is 0 Å². The van der Waals surface area contributed by atoms with Crippen LogP contribution >= 0.6 is 11.6 Å². The lowest BCUT2D eigenvalue weighted by atomic mass is 9.80. The molecule has 0 atom stereocenters. The highest BCUT2D eigenvalue weighted by molar-refractivity contribution is 6.30. The standard InChI is InChI=1S/C24H25Cl/c1-2-3-4-19-5-7-20(8-6-19)9-10-21-11-13-22(14-12-21)23-15-17-24(25)18-16-23/h2,11-20H,1,3-8H2/t19-,20-. The van der Waals surface area contributed by atoms with E-state index in [0.717, 1.165) is 22.9 Å². The third-order valence-electron chi connectivity index (χ3n) is 5.11. The lowest BCUT2D eigenvalue weighted by Crippen LogP contribution is -2.13. The smallest absolute Gasteiger partial charge is 0.0406 e. The Hall–Kier alpha value is -1.97. The molecule has 1 aliphatic rings. The monoisotopic (exact) mass is 348 g/mol. The van der Waals surface area contributed by atoms with Gasteiger partial charge in [-0.15, -0.1) is 6.58 Å². The van der Waals surface area contributed by atoms with E-state index in [1.807, 2.05) is 30.3 Å². The van der Waals surface area contributed by atoms with Gasteiger partial charge in [-0.3, -0.25) is 0 Å². The highest BCUT2D eigenvalue weighted by Gasteiger charge is 2.18. The molecule has 1 heteroatoms. The third-order valence-corrected chi connectivity index (χ3v) is 5.36. The summed E-state index contributed by atoms with van der Waals surface area (Å²) in [6.45, 7) is 3.82. The van der Waals surface area contributed by atoms with Crippen molar-refractivity contribution < 1.29 is 0 Å². The molecule has 0 amide bonds. The Labute approximate surface area is 156 Å². The van der Waals surface area contributed by atoms with Gasteiger partial charge < -0.3 is 0 Å². The summed E-state index contributed by atoms with van der Waals surface area (Å²) in [6, 6.07) is 16.5. The van der Waals surface area contributed by atoms with Gasteiger partial charge in [-0.2, -0.15) is 0 Å². The predicted molar refractivity (Wildman–Crippen MR) is 109 cm³/mol. The molecule has 0 spiro atoms. The van der Waals surface area contributed by atoms with E-state index in [4.69, 9.17) is 11.6 Å². The van der Waals surface area contributed by atoms with Crippen molar-refractivity contribution in [3.05, 3.63) is 71.8 Å². The van der Waals surface area contributed by atoms with Crippen molar-refractivity contribution in [2.24, 2.45) is 11.8 Å². The first-order valence-electron chi connectivity index (χ1n) is 9.23. The summed E-state index contributed by atoms with van der Waals surface area (Å²) in [5.41, 5.74) is 3.48. The van der Waals surface area contributed by atoms with Crippen LogP contribution in [0.25, 0.3) is 11.1 Å².